The summed E-state index contributed by atoms with van der Waals surface area (Å²) in [4.78, 5) is 4.47. The number of aromatic nitrogens is 4. The zero-order chi connectivity index (χ0) is 16.7. The molecule has 1 fully saturated rings. The van der Waals surface area contributed by atoms with Crippen LogP contribution in [-0.2, 0) is 5.54 Å². The van der Waals surface area contributed by atoms with Crippen molar-refractivity contribution in [3.05, 3.63) is 46.5 Å². The molecule has 1 saturated carbocycles. The molecule has 0 bridgehead atoms. The Morgan fingerprint density at radius 1 is 1.20 bits per heavy atom. The molecule has 2 heterocycles. The molecule has 0 atom stereocenters. The Bertz CT molecular complexity index is 886. The van der Waals surface area contributed by atoms with Gasteiger partial charge in [0.1, 0.15) is 0 Å². The van der Waals surface area contributed by atoms with Crippen LogP contribution in [0.25, 0.3) is 17.1 Å². The van der Waals surface area contributed by atoms with Crippen LogP contribution >= 0.6 is 35.6 Å². The van der Waals surface area contributed by atoms with Crippen LogP contribution in [0.3, 0.4) is 0 Å². The number of hydrogen-bond acceptors (Lipinski definition) is 5. The van der Waals surface area contributed by atoms with Gasteiger partial charge in [0.25, 0.3) is 5.89 Å². The first-order valence-corrected chi connectivity index (χ1v) is 8.44. The third kappa shape index (κ3) is 3.40. The molecule has 0 saturated heterocycles. The molecule has 0 amide bonds. The first-order valence-electron chi connectivity index (χ1n) is 7.69. The Balaban J connectivity index is 0.00000182. The third-order valence-electron chi connectivity index (χ3n) is 4.35. The van der Waals surface area contributed by atoms with Crippen LogP contribution in [-0.4, -0.2) is 19.9 Å². The first-order chi connectivity index (χ1) is 11.5. The predicted molar refractivity (Wildman–Crippen MR) is 98.5 cm³/mol. The summed E-state index contributed by atoms with van der Waals surface area (Å²) in [5, 5.41) is 9.45. The standard InChI is InChI=1S/C16H15Cl2N5O.ClH/c17-11-3-4-13(12(18)7-11)23-9-10(8-20-23)14-21-15(22-24-14)16(19)5-1-2-6-16;/h3-4,7-9H,1-2,5-6,19H2;1H. The van der Waals surface area contributed by atoms with Crippen LogP contribution in [0.4, 0.5) is 0 Å². The van der Waals surface area contributed by atoms with Crippen molar-refractivity contribution >= 4 is 35.6 Å². The fraction of sp³-hybridized carbons (Fsp3) is 0.312. The van der Waals surface area contributed by atoms with Gasteiger partial charge < -0.3 is 10.3 Å². The highest BCUT2D eigenvalue weighted by Gasteiger charge is 2.36. The van der Waals surface area contributed by atoms with Crippen molar-refractivity contribution < 1.29 is 4.52 Å². The summed E-state index contributed by atoms with van der Waals surface area (Å²) in [6, 6.07) is 5.23. The van der Waals surface area contributed by atoms with E-state index in [1.165, 1.54) is 0 Å². The molecule has 25 heavy (non-hydrogen) atoms. The Morgan fingerprint density at radius 3 is 2.68 bits per heavy atom. The predicted octanol–water partition coefficient (Wildman–Crippen LogP) is 4.38. The molecule has 3 aromatic rings. The summed E-state index contributed by atoms with van der Waals surface area (Å²) in [6.07, 6.45) is 7.38. The molecule has 1 aliphatic rings. The molecule has 132 valence electrons. The second kappa shape index (κ2) is 6.96. The Morgan fingerprint density at radius 2 is 1.96 bits per heavy atom. The molecule has 2 aromatic heterocycles. The van der Waals surface area contributed by atoms with Gasteiger partial charge in [0.2, 0.25) is 0 Å². The molecule has 1 aromatic carbocycles. The number of nitrogens with two attached hydrogens (primary N) is 1. The smallest absolute Gasteiger partial charge is 0.261 e. The van der Waals surface area contributed by atoms with Gasteiger partial charge in [0.15, 0.2) is 5.82 Å². The van der Waals surface area contributed by atoms with Crippen LogP contribution in [0.15, 0.2) is 35.1 Å². The van der Waals surface area contributed by atoms with Crippen LogP contribution in [0.5, 0.6) is 0 Å². The molecular weight excluding hydrogens is 385 g/mol. The van der Waals surface area contributed by atoms with Gasteiger partial charge in [-0.2, -0.15) is 10.1 Å². The molecule has 0 aliphatic heterocycles. The number of nitrogens with zero attached hydrogens (tertiary/aromatic N) is 4. The van der Waals surface area contributed by atoms with Gasteiger partial charge in [0, 0.05) is 11.2 Å². The summed E-state index contributed by atoms with van der Waals surface area (Å²) >= 11 is 12.1. The van der Waals surface area contributed by atoms with E-state index in [2.05, 4.69) is 15.2 Å². The highest BCUT2D eigenvalue weighted by atomic mass is 35.5. The molecular formula is C16H16Cl3N5O. The Hall–Kier alpha value is -1.60. The van der Waals surface area contributed by atoms with Gasteiger partial charge in [-0.3, -0.25) is 0 Å². The number of benzene rings is 1. The summed E-state index contributed by atoms with van der Waals surface area (Å²) in [5.74, 6) is 0.963. The average Bonchev–Trinajstić information content (AvgIpc) is 3.27. The number of halogens is 3. The second-order valence-corrected chi connectivity index (χ2v) is 6.90. The zero-order valence-corrected chi connectivity index (χ0v) is 15.5. The van der Waals surface area contributed by atoms with E-state index in [4.69, 9.17) is 33.5 Å². The van der Waals surface area contributed by atoms with Gasteiger partial charge >= 0.3 is 0 Å². The van der Waals surface area contributed by atoms with Gasteiger partial charge in [-0.05, 0) is 31.0 Å². The normalized spacial score (nSPS) is 16.0. The minimum atomic E-state index is -0.475. The first kappa shape index (κ1) is 18.2. The maximum absolute atomic E-state index is 6.37. The lowest BCUT2D eigenvalue weighted by atomic mass is 9.99. The van der Waals surface area contributed by atoms with Crippen LogP contribution in [0.2, 0.25) is 10.0 Å². The van der Waals surface area contributed by atoms with Crippen molar-refractivity contribution in [1.82, 2.24) is 19.9 Å². The van der Waals surface area contributed by atoms with Crippen molar-refractivity contribution in [3.63, 3.8) is 0 Å². The SMILES string of the molecule is Cl.NC1(c2noc(-c3cnn(-c4ccc(Cl)cc4Cl)c3)n2)CCCC1. The quantitative estimate of drug-likeness (QED) is 0.705. The lowest BCUT2D eigenvalue weighted by Gasteiger charge is -2.17. The van der Waals surface area contributed by atoms with Crippen molar-refractivity contribution in [2.24, 2.45) is 5.73 Å². The fourth-order valence-corrected chi connectivity index (χ4v) is 3.50. The van der Waals surface area contributed by atoms with Crippen LogP contribution in [0, 0.1) is 0 Å². The van der Waals surface area contributed by atoms with Gasteiger partial charge in [-0.25, -0.2) is 4.68 Å². The van der Waals surface area contributed by atoms with Crippen molar-refractivity contribution in [3.8, 4) is 17.1 Å². The second-order valence-electron chi connectivity index (χ2n) is 6.06. The molecule has 2 N–H and O–H groups in total. The highest BCUT2D eigenvalue weighted by molar-refractivity contribution is 6.35. The summed E-state index contributed by atoms with van der Waals surface area (Å²) in [5.41, 5.74) is 7.32. The Labute approximate surface area is 160 Å². The topological polar surface area (TPSA) is 82.8 Å². The van der Waals surface area contributed by atoms with E-state index in [0.717, 1.165) is 31.4 Å². The lowest BCUT2D eigenvalue weighted by Crippen LogP contribution is -2.34. The summed E-state index contributed by atoms with van der Waals surface area (Å²) < 4.78 is 7.02. The van der Waals surface area contributed by atoms with E-state index in [-0.39, 0.29) is 12.4 Å². The maximum atomic E-state index is 6.37. The number of rotatable bonds is 3. The summed E-state index contributed by atoms with van der Waals surface area (Å²) in [6.45, 7) is 0. The van der Waals surface area contributed by atoms with Crippen molar-refractivity contribution in [2.75, 3.05) is 0 Å². The zero-order valence-electron chi connectivity index (χ0n) is 13.2. The molecule has 1 aliphatic carbocycles. The van der Waals surface area contributed by atoms with E-state index < -0.39 is 5.54 Å². The molecule has 4 rings (SSSR count). The minimum Gasteiger partial charge on any atom is -0.334 e. The fourth-order valence-electron chi connectivity index (χ4n) is 3.00. The average molecular weight is 401 g/mol. The number of hydrogen-bond donors (Lipinski definition) is 1. The van der Waals surface area contributed by atoms with Crippen molar-refractivity contribution in [1.29, 1.82) is 0 Å². The lowest BCUT2D eigenvalue weighted by molar-refractivity contribution is 0.372. The largest absolute Gasteiger partial charge is 0.334 e. The molecule has 0 spiro atoms. The maximum Gasteiger partial charge on any atom is 0.261 e. The Kier molecular flexibility index (Phi) is 5.06. The van der Waals surface area contributed by atoms with Gasteiger partial charge in [0.05, 0.1) is 28.0 Å². The van der Waals surface area contributed by atoms with Gasteiger partial charge in [-0.15, -0.1) is 12.4 Å². The highest BCUT2D eigenvalue weighted by Crippen LogP contribution is 2.35. The van der Waals surface area contributed by atoms with E-state index in [1.807, 2.05) is 0 Å². The van der Waals surface area contributed by atoms with Gasteiger partial charge in [-0.1, -0.05) is 41.2 Å². The monoisotopic (exact) mass is 399 g/mol. The summed E-state index contributed by atoms with van der Waals surface area (Å²) in [7, 11) is 0. The van der Waals surface area contributed by atoms with E-state index in [1.54, 1.807) is 35.3 Å². The molecule has 6 nitrogen and oxygen atoms in total. The molecule has 0 radical (unpaired) electrons. The third-order valence-corrected chi connectivity index (χ3v) is 4.89. The van der Waals surface area contributed by atoms with E-state index in [9.17, 15) is 0 Å². The van der Waals surface area contributed by atoms with Crippen LogP contribution < -0.4 is 5.73 Å². The van der Waals surface area contributed by atoms with E-state index >= 15 is 0 Å². The van der Waals surface area contributed by atoms with Crippen LogP contribution in [0.1, 0.15) is 31.5 Å². The molecule has 0 unspecified atom stereocenters. The van der Waals surface area contributed by atoms with E-state index in [0.29, 0.717) is 27.3 Å². The molecule has 9 heteroatoms. The van der Waals surface area contributed by atoms with Crippen molar-refractivity contribution in [2.45, 2.75) is 31.2 Å². The minimum absolute atomic E-state index is 0.